The van der Waals surface area contributed by atoms with Gasteiger partial charge in [0.1, 0.15) is 0 Å². The average Bonchev–Trinajstić information content (AvgIpc) is 2.79. The maximum atomic E-state index is 11.4. The van der Waals surface area contributed by atoms with E-state index in [4.69, 9.17) is 9.47 Å². The maximum absolute atomic E-state index is 11.4. The van der Waals surface area contributed by atoms with E-state index in [0.29, 0.717) is 18.9 Å². The third kappa shape index (κ3) is 11.6. The van der Waals surface area contributed by atoms with Crippen molar-refractivity contribution < 1.29 is 28.7 Å². The number of rotatable bonds is 9. The molecule has 0 aliphatic carbocycles. The van der Waals surface area contributed by atoms with Gasteiger partial charge in [-0.25, -0.2) is 4.79 Å². The molecule has 2 aromatic rings. The van der Waals surface area contributed by atoms with Gasteiger partial charge in [0, 0.05) is 19.9 Å². The fraction of sp³-hybridized carbons (Fsp3) is 0.308. The number of carbonyl (C=O) groups is 4. The number of ether oxygens (including phenoxy) is 2. The molecular weight excluding hydrogens is 436 g/mol. The Kier molecular flexibility index (Phi) is 13.1. The molecule has 2 aromatic carbocycles. The molecule has 0 saturated carbocycles. The normalized spacial score (nSPS) is 11.2. The first-order valence-electron chi connectivity index (χ1n) is 11.0. The van der Waals surface area contributed by atoms with Crippen molar-refractivity contribution in [2.75, 3.05) is 13.2 Å². The molecule has 0 fully saturated rings. The molecule has 2 amide bonds. The Balaban J connectivity index is 0.000000340. The van der Waals surface area contributed by atoms with Gasteiger partial charge in [-0.15, -0.1) is 0 Å². The molecule has 0 aromatic heterocycles. The summed E-state index contributed by atoms with van der Waals surface area (Å²) in [6.07, 6.45) is 1.43. The van der Waals surface area contributed by atoms with E-state index in [9.17, 15) is 19.2 Å². The number of amides is 2. The van der Waals surface area contributed by atoms with Gasteiger partial charge in [0.15, 0.2) is 0 Å². The molecule has 0 bridgehead atoms. The smallest absolute Gasteiger partial charge is 0.332 e. The molecule has 0 saturated heterocycles. The fourth-order valence-electron chi connectivity index (χ4n) is 2.87. The minimum absolute atomic E-state index is 0.150. The fourth-order valence-corrected chi connectivity index (χ4v) is 2.87. The zero-order valence-electron chi connectivity index (χ0n) is 20.0. The lowest BCUT2D eigenvalue weighted by Gasteiger charge is -2.17. The van der Waals surface area contributed by atoms with Crippen LogP contribution in [0.15, 0.2) is 66.7 Å². The summed E-state index contributed by atoms with van der Waals surface area (Å²) in [7, 11) is 0. The molecule has 0 aliphatic rings. The summed E-state index contributed by atoms with van der Waals surface area (Å²) in [5.41, 5.74) is 2.10. The van der Waals surface area contributed by atoms with Gasteiger partial charge in [-0.2, -0.15) is 0 Å². The Bertz CT molecular complexity index is 958. The third-order valence-electron chi connectivity index (χ3n) is 4.20. The molecule has 8 nitrogen and oxygen atoms in total. The van der Waals surface area contributed by atoms with Crippen molar-refractivity contribution in [3.63, 3.8) is 0 Å². The summed E-state index contributed by atoms with van der Waals surface area (Å²) in [6, 6.07) is 18.2. The molecule has 34 heavy (non-hydrogen) atoms. The Labute approximate surface area is 200 Å². The molecule has 0 heterocycles. The van der Waals surface area contributed by atoms with E-state index in [2.05, 4.69) is 10.6 Å². The molecular formula is C26H32N2O6. The lowest BCUT2D eigenvalue weighted by Crippen LogP contribution is -2.28. The van der Waals surface area contributed by atoms with E-state index in [-0.39, 0.29) is 30.2 Å². The molecule has 1 unspecified atom stereocenters. The number of hydrogen-bond donors (Lipinski definition) is 2. The average molecular weight is 469 g/mol. The highest BCUT2D eigenvalue weighted by Crippen LogP contribution is 2.17. The lowest BCUT2D eigenvalue weighted by atomic mass is 10.0. The number of hydrogen-bond acceptors (Lipinski definition) is 6. The summed E-state index contributed by atoms with van der Waals surface area (Å²) >= 11 is 0. The van der Waals surface area contributed by atoms with E-state index in [1.165, 1.54) is 19.9 Å². The van der Waals surface area contributed by atoms with E-state index in [0.717, 1.165) is 11.1 Å². The van der Waals surface area contributed by atoms with Crippen LogP contribution in [0.5, 0.6) is 0 Å². The summed E-state index contributed by atoms with van der Waals surface area (Å²) in [4.78, 5) is 45.0. The molecule has 2 rings (SSSR count). The van der Waals surface area contributed by atoms with Crippen LogP contribution in [0.25, 0.3) is 5.70 Å². The van der Waals surface area contributed by atoms with E-state index in [1.54, 1.807) is 26.0 Å². The molecule has 1 atom stereocenters. The number of esters is 2. The van der Waals surface area contributed by atoms with Crippen LogP contribution in [-0.4, -0.2) is 37.0 Å². The summed E-state index contributed by atoms with van der Waals surface area (Å²) in [6.45, 7) is 6.96. The van der Waals surface area contributed by atoms with Crippen LogP contribution in [0.2, 0.25) is 0 Å². The van der Waals surface area contributed by atoms with Crippen LogP contribution < -0.4 is 10.6 Å². The highest BCUT2D eigenvalue weighted by Gasteiger charge is 2.17. The Morgan fingerprint density at radius 2 is 1.38 bits per heavy atom. The predicted octanol–water partition coefficient (Wildman–Crippen LogP) is 3.54. The highest BCUT2D eigenvalue weighted by molar-refractivity contribution is 5.95. The van der Waals surface area contributed by atoms with Crippen molar-refractivity contribution in [2.24, 2.45) is 0 Å². The Hall–Kier alpha value is -3.94. The van der Waals surface area contributed by atoms with Crippen LogP contribution >= 0.6 is 0 Å². The summed E-state index contributed by atoms with van der Waals surface area (Å²) in [5, 5.41) is 5.35. The van der Waals surface area contributed by atoms with Gasteiger partial charge in [-0.05, 0) is 25.0 Å². The quantitative estimate of drug-likeness (QED) is 0.430. The molecule has 0 aliphatic heterocycles. The topological polar surface area (TPSA) is 111 Å². The van der Waals surface area contributed by atoms with Gasteiger partial charge < -0.3 is 20.1 Å². The first-order valence-corrected chi connectivity index (χ1v) is 11.0. The molecule has 182 valence electrons. The predicted molar refractivity (Wildman–Crippen MR) is 129 cm³/mol. The van der Waals surface area contributed by atoms with Crippen molar-refractivity contribution in [3.05, 3.63) is 77.9 Å². The van der Waals surface area contributed by atoms with Gasteiger partial charge in [-0.1, -0.05) is 60.7 Å². The SMILES string of the molecule is CCOC(=O)/C=C(\NC(C)=O)c1ccccc1.CCOC(=O)CC(NC(C)=O)c1ccccc1. The van der Waals surface area contributed by atoms with Crippen LogP contribution in [0, 0.1) is 0 Å². The summed E-state index contributed by atoms with van der Waals surface area (Å²) < 4.78 is 9.69. The second kappa shape index (κ2) is 15.8. The van der Waals surface area contributed by atoms with Crippen LogP contribution in [-0.2, 0) is 28.7 Å². The number of benzene rings is 2. The highest BCUT2D eigenvalue weighted by atomic mass is 16.5. The third-order valence-corrected chi connectivity index (χ3v) is 4.20. The van der Waals surface area contributed by atoms with Crippen molar-refractivity contribution in [3.8, 4) is 0 Å². The molecule has 2 N–H and O–H groups in total. The minimum Gasteiger partial charge on any atom is -0.466 e. The second-order valence-electron chi connectivity index (χ2n) is 7.03. The van der Waals surface area contributed by atoms with Gasteiger partial charge >= 0.3 is 11.9 Å². The van der Waals surface area contributed by atoms with Gasteiger partial charge in [-0.3, -0.25) is 14.4 Å². The first kappa shape index (κ1) is 28.1. The van der Waals surface area contributed by atoms with Gasteiger partial charge in [0.2, 0.25) is 11.8 Å². The largest absolute Gasteiger partial charge is 0.466 e. The Morgan fingerprint density at radius 1 is 0.824 bits per heavy atom. The minimum atomic E-state index is -0.472. The zero-order valence-corrected chi connectivity index (χ0v) is 20.0. The molecule has 0 radical (unpaired) electrons. The number of carbonyl (C=O) groups excluding carboxylic acids is 4. The van der Waals surface area contributed by atoms with Gasteiger partial charge in [0.05, 0.1) is 31.4 Å². The Morgan fingerprint density at radius 3 is 1.88 bits per heavy atom. The van der Waals surface area contributed by atoms with Crippen LogP contribution in [0.3, 0.4) is 0 Å². The van der Waals surface area contributed by atoms with E-state index in [1.807, 2.05) is 48.5 Å². The van der Waals surface area contributed by atoms with Crippen molar-refractivity contribution >= 4 is 29.5 Å². The molecule has 0 spiro atoms. The van der Waals surface area contributed by atoms with E-state index < -0.39 is 5.97 Å². The zero-order chi connectivity index (χ0) is 25.3. The van der Waals surface area contributed by atoms with E-state index >= 15 is 0 Å². The van der Waals surface area contributed by atoms with Crippen molar-refractivity contribution in [2.45, 2.75) is 40.2 Å². The van der Waals surface area contributed by atoms with Gasteiger partial charge in [0.25, 0.3) is 0 Å². The first-order chi connectivity index (χ1) is 16.3. The number of nitrogens with one attached hydrogen (secondary N) is 2. The molecule has 8 heteroatoms. The maximum Gasteiger partial charge on any atom is 0.332 e. The van der Waals surface area contributed by atoms with Crippen LogP contribution in [0.1, 0.15) is 51.3 Å². The lowest BCUT2D eigenvalue weighted by molar-refractivity contribution is -0.144. The van der Waals surface area contributed by atoms with Crippen LogP contribution in [0.4, 0.5) is 0 Å². The summed E-state index contributed by atoms with van der Waals surface area (Å²) in [5.74, 6) is -1.18. The van der Waals surface area contributed by atoms with Crippen molar-refractivity contribution in [1.82, 2.24) is 10.6 Å². The standard InChI is InChI=1S/C13H17NO3.C13H15NO3/c2*1-3-17-13(16)9-12(14-10(2)15)11-7-5-4-6-8-11/h4-8,12H,3,9H2,1-2H3,(H,14,15);4-9H,3H2,1-2H3,(H,14,15)/b;12-9-. The monoisotopic (exact) mass is 468 g/mol. The second-order valence-corrected chi connectivity index (χ2v) is 7.03. The van der Waals surface area contributed by atoms with Crippen molar-refractivity contribution in [1.29, 1.82) is 0 Å².